The highest BCUT2D eigenvalue weighted by Crippen LogP contribution is 2.24. The number of benzene rings is 2. The number of rotatable bonds is 7. The van der Waals surface area contributed by atoms with E-state index in [1.54, 1.807) is 42.5 Å². The molecule has 0 spiro atoms. The van der Waals surface area contributed by atoms with Gasteiger partial charge in [-0.05, 0) is 45.0 Å². The van der Waals surface area contributed by atoms with E-state index in [0.29, 0.717) is 21.7 Å². The van der Waals surface area contributed by atoms with E-state index in [0.717, 1.165) is 0 Å². The van der Waals surface area contributed by atoms with Crippen LogP contribution in [0.1, 0.15) is 41.5 Å². The summed E-state index contributed by atoms with van der Waals surface area (Å²) in [7, 11) is 0. The number of carbonyl (C=O) groups excluding carboxylic acids is 3. The smallest absolute Gasteiger partial charge is 0.256 e. The predicted molar refractivity (Wildman–Crippen MR) is 105 cm³/mol. The molecule has 6 heteroatoms. The van der Waals surface area contributed by atoms with Gasteiger partial charge in [0.15, 0.2) is 5.78 Å². The van der Waals surface area contributed by atoms with Crippen LogP contribution in [0, 0.1) is 0 Å². The summed E-state index contributed by atoms with van der Waals surface area (Å²) in [5.74, 6) is -0.283. The van der Waals surface area contributed by atoms with Crippen molar-refractivity contribution < 1.29 is 14.4 Å². The van der Waals surface area contributed by atoms with E-state index in [-0.39, 0.29) is 29.4 Å². The molecule has 0 aromatic heterocycles. The normalized spacial score (nSPS) is 10.5. The Kier molecular flexibility index (Phi) is 6.97. The molecule has 0 bridgehead atoms. The second-order valence-electron chi connectivity index (χ2n) is 6.06. The lowest BCUT2D eigenvalue weighted by atomic mass is 10.1. The Bertz CT molecular complexity index is 818. The zero-order valence-electron chi connectivity index (χ0n) is 15.0. The lowest BCUT2D eigenvalue weighted by Crippen LogP contribution is -2.31. The van der Waals surface area contributed by atoms with Gasteiger partial charge in [-0.2, -0.15) is 0 Å². The second-order valence-corrected chi connectivity index (χ2v) is 7.08. The molecule has 0 saturated carbocycles. The molecule has 0 atom stereocenters. The molecule has 26 heavy (non-hydrogen) atoms. The number of Topliss-reactive ketones (excluding diaryl/α,β-unsaturated/α-hetero) is 1. The Hall–Kier alpha value is -2.60. The fraction of sp³-hybridized carbons (Fsp3) is 0.250. The minimum Gasteiger partial charge on any atom is -0.353 e. The van der Waals surface area contributed by atoms with Gasteiger partial charge in [-0.1, -0.05) is 24.3 Å². The zero-order valence-corrected chi connectivity index (χ0v) is 15.9. The Labute approximate surface area is 157 Å². The Morgan fingerprint density at radius 2 is 1.58 bits per heavy atom. The van der Waals surface area contributed by atoms with Crippen molar-refractivity contribution in [3.05, 3.63) is 59.7 Å². The minimum atomic E-state index is -0.314. The molecule has 0 saturated heterocycles. The van der Waals surface area contributed by atoms with Crippen LogP contribution < -0.4 is 10.6 Å². The number of ketones is 1. The fourth-order valence-corrected chi connectivity index (χ4v) is 3.24. The van der Waals surface area contributed by atoms with Crippen molar-refractivity contribution in [2.45, 2.75) is 31.7 Å². The second kappa shape index (κ2) is 9.20. The summed E-state index contributed by atoms with van der Waals surface area (Å²) in [5, 5.41) is 5.62. The van der Waals surface area contributed by atoms with Gasteiger partial charge in [-0.25, -0.2) is 0 Å². The van der Waals surface area contributed by atoms with Crippen molar-refractivity contribution in [3.63, 3.8) is 0 Å². The summed E-state index contributed by atoms with van der Waals surface area (Å²) >= 11 is 1.31. The van der Waals surface area contributed by atoms with Gasteiger partial charge in [0.05, 0.1) is 17.0 Å². The Morgan fingerprint density at radius 3 is 2.23 bits per heavy atom. The predicted octanol–water partition coefficient (Wildman–Crippen LogP) is 3.76. The average Bonchev–Trinajstić information content (AvgIpc) is 2.60. The van der Waals surface area contributed by atoms with Crippen molar-refractivity contribution in [1.29, 1.82) is 0 Å². The van der Waals surface area contributed by atoms with Crippen LogP contribution in [0.3, 0.4) is 0 Å². The van der Waals surface area contributed by atoms with E-state index in [4.69, 9.17) is 0 Å². The third-order valence-electron chi connectivity index (χ3n) is 3.49. The SMILES string of the molecule is CC(=O)c1ccccc1NC(=O)c1ccccc1SCC(=O)NC(C)C. The molecule has 2 N–H and O–H groups in total. The molecule has 2 aromatic carbocycles. The van der Waals surface area contributed by atoms with Gasteiger partial charge in [-0.15, -0.1) is 11.8 Å². The van der Waals surface area contributed by atoms with Gasteiger partial charge in [0.2, 0.25) is 5.91 Å². The van der Waals surface area contributed by atoms with Gasteiger partial charge in [-0.3, -0.25) is 14.4 Å². The van der Waals surface area contributed by atoms with Crippen LogP contribution >= 0.6 is 11.8 Å². The molecule has 2 rings (SSSR count). The molecule has 0 heterocycles. The van der Waals surface area contributed by atoms with E-state index in [1.165, 1.54) is 18.7 Å². The van der Waals surface area contributed by atoms with Crippen LogP contribution in [-0.2, 0) is 4.79 Å². The third kappa shape index (κ3) is 5.46. The number of para-hydroxylation sites is 1. The van der Waals surface area contributed by atoms with Crippen LogP contribution in [-0.4, -0.2) is 29.4 Å². The lowest BCUT2D eigenvalue weighted by Gasteiger charge is -2.12. The summed E-state index contributed by atoms with van der Waals surface area (Å²) in [6.45, 7) is 5.26. The number of carbonyl (C=O) groups is 3. The first kappa shape index (κ1) is 19.7. The first-order chi connectivity index (χ1) is 12.4. The molecular formula is C20H22N2O3S. The molecule has 2 aromatic rings. The van der Waals surface area contributed by atoms with Gasteiger partial charge in [0, 0.05) is 16.5 Å². The van der Waals surface area contributed by atoms with Crippen LogP contribution in [0.5, 0.6) is 0 Å². The van der Waals surface area contributed by atoms with Crippen LogP contribution in [0.2, 0.25) is 0 Å². The van der Waals surface area contributed by atoms with E-state index >= 15 is 0 Å². The third-order valence-corrected chi connectivity index (χ3v) is 4.57. The number of thioether (sulfide) groups is 1. The number of amides is 2. The maximum Gasteiger partial charge on any atom is 0.256 e. The molecule has 0 fully saturated rings. The molecule has 0 radical (unpaired) electrons. The molecule has 5 nitrogen and oxygen atoms in total. The molecule has 0 aliphatic carbocycles. The highest BCUT2D eigenvalue weighted by molar-refractivity contribution is 8.00. The van der Waals surface area contributed by atoms with Crippen molar-refractivity contribution in [3.8, 4) is 0 Å². The fourth-order valence-electron chi connectivity index (χ4n) is 2.38. The van der Waals surface area contributed by atoms with Crippen molar-refractivity contribution in [2.75, 3.05) is 11.1 Å². The molecule has 0 unspecified atom stereocenters. The largest absolute Gasteiger partial charge is 0.353 e. The van der Waals surface area contributed by atoms with Crippen LogP contribution in [0.4, 0.5) is 5.69 Å². The number of nitrogens with one attached hydrogen (secondary N) is 2. The van der Waals surface area contributed by atoms with E-state index in [1.807, 2.05) is 19.9 Å². The molecule has 0 aliphatic heterocycles. The average molecular weight is 370 g/mol. The lowest BCUT2D eigenvalue weighted by molar-refractivity contribution is -0.119. The molecular weight excluding hydrogens is 348 g/mol. The van der Waals surface area contributed by atoms with E-state index < -0.39 is 0 Å². The summed E-state index contributed by atoms with van der Waals surface area (Å²) in [5.41, 5.74) is 1.40. The van der Waals surface area contributed by atoms with Crippen molar-refractivity contribution in [2.24, 2.45) is 0 Å². The summed E-state index contributed by atoms with van der Waals surface area (Å²) in [6.07, 6.45) is 0. The first-order valence-corrected chi connectivity index (χ1v) is 9.29. The standard InChI is InChI=1S/C20H22N2O3S/c1-13(2)21-19(24)12-26-18-11-7-5-9-16(18)20(25)22-17-10-6-4-8-15(17)14(3)23/h4-11,13H,12H2,1-3H3,(H,21,24)(H,22,25). The maximum absolute atomic E-state index is 12.7. The van der Waals surface area contributed by atoms with Gasteiger partial charge >= 0.3 is 0 Å². The van der Waals surface area contributed by atoms with E-state index in [9.17, 15) is 14.4 Å². The van der Waals surface area contributed by atoms with Gasteiger partial charge < -0.3 is 10.6 Å². The Balaban J connectivity index is 2.15. The zero-order chi connectivity index (χ0) is 19.1. The maximum atomic E-state index is 12.7. The monoisotopic (exact) mass is 370 g/mol. The van der Waals surface area contributed by atoms with Gasteiger partial charge in [0.1, 0.15) is 0 Å². The van der Waals surface area contributed by atoms with Crippen LogP contribution in [0.25, 0.3) is 0 Å². The molecule has 2 amide bonds. The quantitative estimate of drug-likeness (QED) is 0.575. The first-order valence-electron chi connectivity index (χ1n) is 8.31. The van der Waals surface area contributed by atoms with Gasteiger partial charge in [0.25, 0.3) is 5.91 Å². The molecule has 136 valence electrons. The summed E-state index contributed by atoms with van der Waals surface area (Å²) in [4.78, 5) is 37.0. The highest BCUT2D eigenvalue weighted by atomic mass is 32.2. The minimum absolute atomic E-state index is 0.0738. The Morgan fingerprint density at radius 1 is 0.962 bits per heavy atom. The number of hydrogen-bond acceptors (Lipinski definition) is 4. The summed E-state index contributed by atoms with van der Waals surface area (Å²) in [6, 6.07) is 14.1. The number of hydrogen-bond donors (Lipinski definition) is 2. The molecule has 0 aliphatic rings. The van der Waals surface area contributed by atoms with E-state index in [2.05, 4.69) is 10.6 Å². The van der Waals surface area contributed by atoms with Crippen molar-refractivity contribution in [1.82, 2.24) is 5.32 Å². The summed E-state index contributed by atoms with van der Waals surface area (Å²) < 4.78 is 0. The van der Waals surface area contributed by atoms with Crippen molar-refractivity contribution >= 4 is 35.0 Å². The highest BCUT2D eigenvalue weighted by Gasteiger charge is 2.15. The van der Waals surface area contributed by atoms with Crippen LogP contribution in [0.15, 0.2) is 53.4 Å². The topological polar surface area (TPSA) is 75.3 Å². The number of anilines is 1.